The highest BCUT2D eigenvalue weighted by atomic mass is 15.0. The molecule has 4 heteroatoms. The Labute approximate surface area is 347 Å². The first-order valence-electron chi connectivity index (χ1n) is 20.1. The molecule has 1 heterocycles. The fourth-order valence-corrected chi connectivity index (χ4v) is 8.64. The minimum Gasteiger partial charge on any atom is -0.237 e. The van der Waals surface area contributed by atoms with Crippen molar-refractivity contribution in [3.05, 3.63) is 218 Å². The van der Waals surface area contributed by atoms with Gasteiger partial charge in [0.05, 0.1) is 6.57 Å². The largest absolute Gasteiger partial charge is 0.237 e. The van der Waals surface area contributed by atoms with Crippen LogP contribution in [0.5, 0.6) is 0 Å². The van der Waals surface area contributed by atoms with Crippen LogP contribution in [0.25, 0.3) is 115 Å². The number of fused-ring (bicyclic) bond motifs is 6. The Hall–Kier alpha value is -8.26. The lowest BCUT2D eigenvalue weighted by atomic mass is 9.91. The summed E-state index contributed by atoms with van der Waals surface area (Å²) >= 11 is 0. The van der Waals surface area contributed by atoms with Crippen LogP contribution >= 0.6 is 0 Å². The van der Waals surface area contributed by atoms with Crippen LogP contribution in [-0.2, 0) is 0 Å². The molecule has 0 saturated carbocycles. The van der Waals surface area contributed by atoms with Gasteiger partial charge >= 0.3 is 0 Å². The molecule has 0 aliphatic heterocycles. The summed E-state index contributed by atoms with van der Waals surface area (Å²) in [7, 11) is 0. The summed E-state index contributed by atoms with van der Waals surface area (Å²) in [4.78, 5) is 19.7. The molecule has 0 fully saturated rings. The lowest BCUT2D eigenvalue weighted by molar-refractivity contribution is 1.08. The van der Waals surface area contributed by atoms with Crippen LogP contribution in [0.4, 0.5) is 5.69 Å². The summed E-state index contributed by atoms with van der Waals surface area (Å²) in [6, 6.07) is 71.5. The third kappa shape index (κ3) is 6.05. The zero-order valence-corrected chi connectivity index (χ0v) is 32.4. The third-order valence-corrected chi connectivity index (χ3v) is 11.6. The van der Waals surface area contributed by atoms with E-state index in [1.54, 1.807) is 0 Å². The molecule has 11 rings (SSSR count). The van der Waals surface area contributed by atoms with Crippen molar-refractivity contribution in [2.75, 3.05) is 0 Å². The maximum absolute atomic E-state index is 8.59. The van der Waals surface area contributed by atoms with Crippen molar-refractivity contribution < 1.29 is 0 Å². The minimum absolute atomic E-state index is 0.541. The lowest BCUT2D eigenvalue weighted by Crippen LogP contribution is -2.01. The summed E-state index contributed by atoms with van der Waals surface area (Å²) in [5.41, 5.74) is 9.00. The van der Waals surface area contributed by atoms with Crippen molar-refractivity contribution in [2.45, 2.75) is 0 Å². The van der Waals surface area contributed by atoms with E-state index in [9.17, 15) is 0 Å². The van der Waals surface area contributed by atoms with E-state index in [0.29, 0.717) is 23.2 Å². The van der Waals surface area contributed by atoms with Gasteiger partial charge in [0.2, 0.25) is 5.69 Å². The molecule has 10 aromatic carbocycles. The highest BCUT2D eigenvalue weighted by Crippen LogP contribution is 2.44. The van der Waals surface area contributed by atoms with Crippen LogP contribution in [0.15, 0.2) is 206 Å². The Morgan fingerprint density at radius 2 is 0.783 bits per heavy atom. The summed E-state index contributed by atoms with van der Waals surface area (Å²) in [6.07, 6.45) is 0. The molecule has 11 aromatic rings. The Bertz CT molecular complexity index is 3510. The van der Waals surface area contributed by atoms with Crippen LogP contribution < -0.4 is 0 Å². The van der Waals surface area contributed by atoms with Crippen LogP contribution in [0, 0.1) is 6.57 Å². The molecule has 0 spiro atoms. The smallest absolute Gasteiger partial charge is 0.202 e. The first-order chi connectivity index (χ1) is 29.7. The number of hydrogen-bond acceptors (Lipinski definition) is 3. The van der Waals surface area contributed by atoms with E-state index in [2.05, 4.69) is 144 Å². The molecule has 0 radical (unpaired) electrons. The standard InChI is InChI=1S/C56H34N4/c1-57-53-45(42-19-11-18-40(34-42)41-31-30-38-29-28-36-14-6-8-21-44(36)52(38)35-41)24-12-26-49(53)47-22-9-10-23-50(47)55-58-54(39-16-3-2-4-17-39)59-56(60-55)51-27-13-25-46-43-20-7-5-15-37(43)32-33-48(46)51/h2-35H. The number of para-hydroxylation sites is 1. The van der Waals surface area contributed by atoms with E-state index in [1.807, 2.05) is 66.7 Å². The highest BCUT2D eigenvalue weighted by Gasteiger charge is 2.20. The van der Waals surface area contributed by atoms with Crippen molar-refractivity contribution in [3.63, 3.8) is 0 Å². The van der Waals surface area contributed by atoms with Crippen molar-refractivity contribution in [3.8, 4) is 67.5 Å². The van der Waals surface area contributed by atoms with E-state index in [4.69, 9.17) is 21.5 Å². The van der Waals surface area contributed by atoms with E-state index in [0.717, 1.165) is 60.8 Å². The first kappa shape index (κ1) is 34.9. The van der Waals surface area contributed by atoms with Crippen LogP contribution in [0.3, 0.4) is 0 Å². The maximum Gasteiger partial charge on any atom is 0.202 e. The molecule has 0 bridgehead atoms. The van der Waals surface area contributed by atoms with Gasteiger partial charge < -0.3 is 0 Å². The molecule has 4 nitrogen and oxygen atoms in total. The van der Waals surface area contributed by atoms with Gasteiger partial charge in [0.15, 0.2) is 17.5 Å². The zero-order chi connectivity index (χ0) is 40.0. The normalized spacial score (nSPS) is 11.3. The molecule has 278 valence electrons. The summed E-state index contributed by atoms with van der Waals surface area (Å²) in [5, 5.41) is 9.48. The average Bonchev–Trinajstić information content (AvgIpc) is 3.33. The SMILES string of the molecule is [C-]#[N+]c1c(-c2cccc(-c3ccc4ccc5ccccc5c4c3)c2)cccc1-c1ccccc1-c1nc(-c2ccccc2)nc(-c2cccc3c2ccc2ccccc23)n1. The predicted molar refractivity (Wildman–Crippen MR) is 249 cm³/mol. The second kappa shape index (κ2) is 14.6. The summed E-state index contributed by atoms with van der Waals surface area (Å²) in [6.45, 7) is 8.59. The van der Waals surface area contributed by atoms with E-state index in [-0.39, 0.29) is 0 Å². The lowest BCUT2D eigenvalue weighted by Gasteiger charge is -2.16. The third-order valence-electron chi connectivity index (χ3n) is 11.6. The van der Waals surface area contributed by atoms with Crippen molar-refractivity contribution in [1.82, 2.24) is 15.0 Å². The van der Waals surface area contributed by atoms with Gasteiger partial charge in [-0.15, -0.1) is 0 Å². The number of rotatable bonds is 6. The van der Waals surface area contributed by atoms with Gasteiger partial charge in [-0.3, -0.25) is 0 Å². The number of aromatic nitrogens is 3. The summed E-state index contributed by atoms with van der Waals surface area (Å²) < 4.78 is 0. The quantitative estimate of drug-likeness (QED) is 0.125. The molecule has 0 saturated heterocycles. The molecule has 0 aliphatic carbocycles. The fraction of sp³-hybridized carbons (Fsp3) is 0. The van der Waals surface area contributed by atoms with Crippen LogP contribution in [0.2, 0.25) is 0 Å². The van der Waals surface area contributed by atoms with Crippen LogP contribution in [0.1, 0.15) is 0 Å². The summed E-state index contributed by atoms with van der Waals surface area (Å²) in [5.74, 6) is 1.72. The maximum atomic E-state index is 8.59. The predicted octanol–water partition coefficient (Wildman–Crippen LogP) is 15.0. The first-order valence-corrected chi connectivity index (χ1v) is 20.1. The van der Waals surface area contributed by atoms with Crippen molar-refractivity contribution in [2.24, 2.45) is 0 Å². The molecule has 0 aliphatic rings. The molecule has 60 heavy (non-hydrogen) atoms. The van der Waals surface area contributed by atoms with Gasteiger partial charge in [0.25, 0.3) is 0 Å². The van der Waals surface area contributed by atoms with Crippen molar-refractivity contribution >= 4 is 48.8 Å². The zero-order valence-electron chi connectivity index (χ0n) is 32.4. The second-order valence-corrected chi connectivity index (χ2v) is 15.0. The minimum atomic E-state index is 0.541. The van der Waals surface area contributed by atoms with Gasteiger partial charge in [-0.1, -0.05) is 194 Å². The average molecular weight is 763 g/mol. The van der Waals surface area contributed by atoms with Gasteiger partial charge in [-0.05, 0) is 88.6 Å². The molecule has 0 N–H and O–H groups in total. The van der Waals surface area contributed by atoms with Crippen molar-refractivity contribution in [1.29, 1.82) is 0 Å². The molecule has 0 unspecified atom stereocenters. The molecule has 0 amide bonds. The topological polar surface area (TPSA) is 43.0 Å². The molecular formula is C56H34N4. The molecule has 1 aromatic heterocycles. The van der Waals surface area contributed by atoms with Gasteiger partial charge in [0.1, 0.15) is 0 Å². The number of nitrogens with zero attached hydrogens (tertiary/aromatic N) is 4. The Balaban J connectivity index is 1.05. The Morgan fingerprint density at radius 3 is 1.58 bits per heavy atom. The van der Waals surface area contributed by atoms with E-state index < -0.39 is 0 Å². The molecule has 0 atom stereocenters. The van der Waals surface area contributed by atoms with Gasteiger partial charge in [-0.2, -0.15) is 0 Å². The monoisotopic (exact) mass is 762 g/mol. The number of hydrogen-bond donors (Lipinski definition) is 0. The second-order valence-electron chi connectivity index (χ2n) is 15.0. The Kier molecular flexibility index (Phi) is 8.50. The van der Waals surface area contributed by atoms with Gasteiger partial charge in [0, 0.05) is 16.7 Å². The van der Waals surface area contributed by atoms with E-state index >= 15 is 0 Å². The highest BCUT2D eigenvalue weighted by molar-refractivity contribution is 6.12. The van der Waals surface area contributed by atoms with Gasteiger partial charge in [-0.25, -0.2) is 19.8 Å². The number of benzene rings is 10. The molecular weight excluding hydrogens is 729 g/mol. The Morgan fingerprint density at radius 1 is 0.283 bits per heavy atom. The van der Waals surface area contributed by atoms with Crippen LogP contribution in [-0.4, -0.2) is 15.0 Å². The van der Waals surface area contributed by atoms with E-state index in [1.165, 1.54) is 32.3 Å². The fourth-order valence-electron chi connectivity index (χ4n) is 8.64.